The summed E-state index contributed by atoms with van der Waals surface area (Å²) in [6.07, 6.45) is 1.67. The molecule has 0 spiro atoms. The molecule has 9 heteroatoms. The van der Waals surface area contributed by atoms with Crippen LogP contribution in [0.1, 0.15) is 41.6 Å². The molecule has 2 aromatic carbocycles. The smallest absolute Gasteiger partial charge is 0.338 e. The predicted molar refractivity (Wildman–Crippen MR) is 129 cm³/mol. The van der Waals surface area contributed by atoms with Crippen LogP contribution in [0.2, 0.25) is 5.02 Å². The van der Waals surface area contributed by atoms with Crippen molar-refractivity contribution in [2.45, 2.75) is 33.2 Å². The Balaban J connectivity index is 1.39. The van der Waals surface area contributed by atoms with Crippen LogP contribution in [0.4, 0.5) is 5.69 Å². The van der Waals surface area contributed by atoms with Crippen molar-refractivity contribution in [1.82, 2.24) is 15.0 Å². The number of nitrogens with one attached hydrogen (secondary N) is 1. The fourth-order valence-electron chi connectivity index (χ4n) is 4.11. The van der Waals surface area contributed by atoms with E-state index in [2.05, 4.69) is 20.4 Å². The molecule has 1 aliphatic rings. The normalized spacial score (nSPS) is 16.3. The molecular weight excluding hydrogens is 456 g/mol. The number of esters is 1. The summed E-state index contributed by atoms with van der Waals surface area (Å²) in [5, 5.41) is 7.61. The summed E-state index contributed by atoms with van der Waals surface area (Å²) in [4.78, 5) is 31.8. The van der Waals surface area contributed by atoms with Crippen molar-refractivity contribution in [3.05, 3.63) is 64.5 Å². The zero-order valence-corrected chi connectivity index (χ0v) is 20.0. The number of nitrogens with zero attached hydrogens (tertiary/aromatic N) is 3. The van der Waals surface area contributed by atoms with Gasteiger partial charge in [0.1, 0.15) is 0 Å². The summed E-state index contributed by atoms with van der Waals surface area (Å²) in [5.41, 5.74) is 2.49. The number of anilines is 1. The Bertz CT molecular complexity index is 1180. The van der Waals surface area contributed by atoms with Gasteiger partial charge in [-0.25, -0.2) is 4.79 Å². The van der Waals surface area contributed by atoms with Crippen molar-refractivity contribution >= 4 is 29.2 Å². The van der Waals surface area contributed by atoms with Crippen molar-refractivity contribution in [3.8, 4) is 11.4 Å². The van der Waals surface area contributed by atoms with Crippen LogP contribution in [-0.4, -0.2) is 46.6 Å². The molecule has 1 aliphatic heterocycles. The number of ether oxygens (including phenoxy) is 1. The number of amides is 1. The number of hydrogen-bond donors (Lipinski definition) is 1. The molecule has 1 amide bonds. The second-order valence-corrected chi connectivity index (χ2v) is 8.66. The lowest BCUT2D eigenvalue weighted by Gasteiger charge is -2.31. The number of rotatable bonds is 7. The van der Waals surface area contributed by atoms with Gasteiger partial charge in [0.25, 0.3) is 0 Å². The van der Waals surface area contributed by atoms with E-state index in [9.17, 15) is 9.59 Å². The number of aromatic nitrogens is 2. The summed E-state index contributed by atoms with van der Waals surface area (Å²) >= 11 is 6.23. The number of halogens is 1. The largest absolute Gasteiger partial charge is 0.462 e. The van der Waals surface area contributed by atoms with Crippen LogP contribution in [0.15, 0.2) is 47.0 Å². The van der Waals surface area contributed by atoms with E-state index in [1.807, 2.05) is 18.2 Å². The molecule has 1 unspecified atom stereocenters. The molecular formula is C25H27ClN4O4. The van der Waals surface area contributed by atoms with Gasteiger partial charge in [0.15, 0.2) is 0 Å². The van der Waals surface area contributed by atoms with Crippen molar-refractivity contribution in [1.29, 1.82) is 0 Å². The first kappa shape index (κ1) is 23.9. The summed E-state index contributed by atoms with van der Waals surface area (Å²) < 4.78 is 10.5. The first-order valence-electron chi connectivity index (χ1n) is 11.3. The van der Waals surface area contributed by atoms with Crippen molar-refractivity contribution < 1.29 is 18.8 Å². The number of carbonyl (C=O) groups excluding carboxylic acids is 2. The number of hydrogen-bond acceptors (Lipinski definition) is 7. The fraction of sp³-hybridized carbons (Fsp3) is 0.360. The molecule has 1 N–H and O–H groups in total. The zero-order chi connectivity index (χ0) is 24.1. The maximum absolute atomic E-state index is 13.0. The molecule has 3 aromatic rings. The van der Waals surface area contributed by atoms with Gasteiger partial charge in [0, 0.05) is 17.8 Å². The second-order valence-electron chi connectivity index (χ2n) is 8.25. The number of piperidine rings is 1. The average Bonchev–Trinajstić information content (AvgIpc) is 3.29. The second kappa shape index (κ2) is 10.8. The molecule has 0 aliphatic carbocycles. The lowest BCUT2D eigenvalue weighted by atomic mass is 9.96. The van der Waals surface area contributed by atoms with E-state index in [-0.39, 0.29) is 11.8 Å². The minimum Gasteiger partial charge on any atom is -0.462 e. The molecule has 0 bridgehead atoms. The first-order chi connectivity index (χ1) is 16.5. The number of likely N-dealkylation sites (tertiary alicyclic amines) is 1. The van der Waals surface area contributed by atoms with Gasteiger partial charge < -0.3 is 14.6 Å². The van der Waals surface area contributed by atoms with Crippen molar-refractivity contribution in [3.63, 3.8) is 0 Å². The van der Waals surface area contributed by atoms with Crippen molar-refractivity contribution in [2.75, 3.05) is 25.0 Å². The van der Waals surface area contributed by atoms with Crippen LogP contribution in [0.25, 0.3) is 11.4 Å². The highest BCUT2D eigenvalue weighted by Crippen LogP contribution is 2.26. The molecule has 178 valence electrons. The zero-order valence-electron chi connectivity index (χ0n) is 19.2. The number of carbonyl (C=O) groups is 2. The van der Waals surface area contributed by atoms with Gasteiger partial charge in [-0.05, 0) is 63.1 Å². The Morgan fingerprint density at radius 3 is 2.85 bits per heavy atom. The van der Waals surface area contributed by atoms with Crippen LogP contribution in [-0.2, 0) is 16.1 Å². The molecule has 1 atom stereocenters. The van der Waals surface area contributed by atoms with Gasteiger partial charge in [-0.3, -0.25) is 9.69 Å². The Kier molecular flexibility index (Phi) is 7.59. The van der Waals surface area contributed by atoms with E-state index < -0.39 is 5.97 Å². The highest BCUT2D eigenvalue weighted by Gasteiger charge is 2.28. The Hall–Kier alpha value is -3.23. The van der Waals surface area contributed by atoms with E-state index in [1.54, 1.807) is 38.1 Å². The standard InChI is InChI=1S/C25H27ClN4O4/c1-3-33-25(32)18-10-6-12-21(16(18)2)27-24(31)17-8-7-13-30(14-17)15-22-28-23(29-34-22)19-9-4-5-11-20(19)26/h4-6,9-12,17H,3,7-8,13-15H2,1-2H3,(H,27,31). The minimum atomic E-state index is -0.393. The van der Waals surface area contributed by atoms with Crippen LogP contribution in [0.5, 0.6) is 0 Å². The van der Waals surface area contributed by atoms with E-state index in [4.69, 9.17) is 20.9 Å². The van der Waals surface area contributed by atoms with Gasteiger partial charge >= 0.3 is 5.97 Å². The fourth-order valence-corrected chi connectivity index (χ4v) is 4.33. The lowest BCUT2D eigenvalue weighted by Crippen LogP contribution is -2.40. The molecule has 8 nitrogen and oxygen atoms in total. The van der Waals surface area contributed by atoms with Crippen LogP contribution >= 0.6 is 11.6 Å². The predicted octanol–water partition coefficient (Wildman–Crippen LogP) is 4.73. The third kappa shape index (κ3) is 5.46. The molecule has 34 heavy (non-hydrogen) atoms. The Morgan fingerprint density at radius 2 is 2.06 bits per heavy atom. The monoisotopic (exact) mass is 482 g/mol. The van der Waals surface area contributed by atoms with Gasteiger partial charge in [-0.15, -0.1) is 0 Å². The Labute approximate surface area is 203 Å². The first-order valence-corrected chi connectivity index (χ1v) is 11.7. The van der Waals surface area contributed by atoms with Crippen LogP contribution in [0.3, 0.4) is 0 Å². The topological polar surface area (TPSA) is 97.6 Å². The highest BCUT2D eigenvalue weighted by molar-refractivity contribution is 6.33. The molecule has 1 fully saturated rings. The molecule has 2 heterocycles. The molecule has 1 aromatic heterocycles. The molecule has 0 saturated carbocycles. The maximum Gasteiger partial charge on any atom is 0.338 e. The summed E-state index contributed by atoms with van der Waals surface area (Å²) in [6, 6.07) is 12.6. The Morgan fingerprint density at radius 1 is 1.24 bits per heavy atom. The number of benzene rings is 2. The quantitative estimate of drug-likeness (QED) is 0.486. The van der Waals surface area contributed by atoms with Gasteiger partial charge in [0.05, 0.1) is 29.7 Å². The lowest BCUT2D eigenvalue weighted by molar-refractivity contribution is -0.121. The SMILES string of the molecule is CCOC(=O)c1cccc(NC(=O)C2CCCN(Cc3nc(-c4ccccc4Cl)no3)C2)c1C. The van der Waals surface area contributed by atoms with E-state index in [0.717, 1.165) is 24.9 Å². The summed E-state index contributed by atoms with van der Waals surface area (Å²) in [5.74, 6) is 0.273. The van der Waals surface area contributed by atoms with E-state index >= 15 is 0 Å². The van der Waals surface area contributed by atoms with Crippen LogP contribution in [0, 0.1) is 12.8 Å². The minimum absolute atomic E-state index is 0.0731. The third-order valence-corrected chi connectivity index (χ3v) is 6.23. The van der Waals surface area contributed by atoms with E-state index in [1.165, 1.54) is 0 Å². The van der Waals surface area contributed by atoms with Gasteiger partial charge in [0.2, 0.25) is 17.6 Å². The molecule has 4 rings (SSSR count). The molecule has 1 saturated heterocycles. The van der Waals surface area contributed by atoms with Gasteiger partial charge in [-0.2, -0.15) is 4.98 Å². The van der Waals surface area contributed by atoms with Crippen LogP contribution < -0.4 is 5.32 Å². The molecule has 0 radical (unpaired) electrons. The maximum atomic E-state index is 13.0. The van der Waals surface area contributed by atoms with E-state index in [0.29, 0.717) is 53.2 Å². The van der Waals surface area contributed by atoms with Gasteiger partial charge in [-0.1, -0.05) is 35.0 Å². The highest BCUT2D eigenvalue weighted by atomic mass is 35.5. The average molecular weight is 483 g/mol. The van der Waals surface area contributed by atoms with Crippen molar-refractivity contribution in [2.24, 2.45) is 5.92 Å². The summed E-state index contributed by atoms with van der Waals surface area (Å²) in [7, 11) is 0. The third-order valence-electron chi connectivity index (χ3n) is 5.91. The summed E-state index contributed by atoms with van der Waals surface area (Å²) in [6.45, 7) is 5.74.